The van der Waals surface area contributed by atoms with Crippen LogP contribution in [0, 0.1) is 13.8 Å². The molecule has 0 saturated carbocycles. The van der Waals surface area contributed by atoms with Crippen LogP contribution in [0.15, 0.2) is 47.1 Å². The molecule has 2 N–H and O–H groups in total. The number of aliphatic hydroxyl groups is 1. The van der Waals surface area contributed by atoms with Crippen molar-refractivity contribution in [1.82, 2.24) is 24.6 Å². The number of aromatic amines is 1. The number of aliphatic hydroxyl groups excluding tert-OH is 1. The molecular weight excluding hydrogens is 374 g/mol. The zero-order valence-corrected chi connectivity index (χ0v) is 16.1. The zero-order valence-electron chi connectivity index (χ0n) is 16.1. The first-order valence-electron chi connectivity index (χ1n) is 9.28. The molecule has 0 unspecified atom stereocenters. The summed E-state index contributed by atoms with van der Waals surface area (Å²) in [6.45, 7) is 4.45. The SMILES string of the molecule is Cc1n[nH]c(C)c1C(O)=C1C(=O)C(=O)N(CCCn2ccnc2)[C@H]1c1ccco1. The summed E-state index contributed by atoms with van der Waals surface area (Å²) in [7, 11) is 0. The molecule has 1 saturated heterocycles. The van der Waals surface area contributed by atoms with E-state index in [1.165, 1.54) is 11.2 Å². The first-order chi connectivity index (χ1) is 14.0. The van der Waals surface area contributed by atoms with E-state index in [2.05, 4.69) is 15.2 Å². The van der Waals surface area contributed by atoms with E-state index < -0.39 is 17.7 Å². The number of aromatic nitrogens is 4. The number of nitrogens with one attached hydrogen (secondary N) is 1. The van der Waals surface area contributed by atoms with Crippen LogP contribution in [0.4, 0.5) is 0 Å². The highest BCUT2D eigenvalue weighted by Gasteiger charge is 2.47. The number of rotatable bonds is 6. The Morgan fingerprint density at radius 3 is 2.76 bits per heavy atom. The summed E-state index contributed by atoms with van der Waals surface area (Å²) in [6.07, 6.45) is 7.31. The molecule has 29 heavy (non-hydrogen) atoms. The molecule has 3 aromatic heterocycles. The molecule has 0 bridgehead atoms. The van der Waals surface area contributed by atoms with Gasteiger partial charge in [-0.25, -0.2) is 4.98 Å². The van der Waals surface area contributed by atoms with Crippen LogP contribution in [0.2, 0.25) is 0 Å². The number of likely N-dealkylation sites (tertiary alicyclic amines) is 1. The van der Waals surface area contributed by atoms with Crippen molar-refractivity contribution in [3.8, 4) is 0 Å². The van der Waals surface area contributed by atoms with Crippen LogP contribution in [0.3, 0.4) is 0 Å². The Bertz CT molecular complexity index is 1040. The Hall–Kier alpha value is -3.62. The van der Waals surface area contributed by atoms with Gasteiger partial charge in [-0.05, 0) is 32.4 Å². The van der Waals surface area contributed by atoms with Crippen molar-refractivity contribution < 1.29 is 19.1 Å². The smallest absolute Gasteiger partial charge is 0.295 e. The quantitative estimate of drug-likeness (QED) is 0.376. The summed E-state index contributed by atoms with van der Waals surface area (Å²) in [5.74, 6) is -1.21. The predicted molar refractivity (Wildman–Crippen MR) is 103 cm³/mol. The number of amides is 1. The summed E-state index contributed by atoms with van der Waals surface area (Å²) in [5, 5.41) is 17.9. The van der Waals surface area contributed by atoms with Crippen molar-refractivity contribution in [3.63, 3.8) is 0 Å². The number of ketones is 1. The second-order valence-electron chi connectivity index (χ2n) is 6.97. The molecule has 9 heteroatoms. The minimum absolute atomic E-state index is 0.0141. The number of aryl methyl sites for hydroxylation is 3. The maximum atomic E-state index is 12.9. The van der Waals surface area contributed by atoms with Crippen LogP contribution in [-0.4, -0.2) is 48.0 Å². The third-order valence-corrected chi connectivity index (χ3v) is 5.09. The van der Waals surface area contributed by atoms with Crippen LogP contribution >= 0.6 is 0 Å². The van der Waals surface area contributed by atoms with Gasteiger partial charge < -0.3 is 19.0 Å². The van der Waals surface area contributed by atoms with Crippen LogP contribution in [0.25, 0.3) is 5.76 Å². The van der Waals surface area contributed by atoms with E-state index in [0.717, 1.165) is 0 Å². The van der Waals surface area contributed by atoms with Gasteiger partial charge in [0, 0.05) is 31.2 Å². The number of hydrogen-bond donors (Lipinski definition) is 2. The number of hydrogen-bond acceptors (Lipinski definition) is 6. The normalized spacial score (nSPS) is 18.7. The van der Waals surface area contributed by atoms with Crippen LogP contribution in [0.1, 0.15) is 35.2 Å². The van der Waals surface area contributed by atoms with Crippen molar-refractivity contribution in [2.45, 2.75) is 32.9 Å². The molecule has 0 aliphatic carbocycles. The molecule has 150 valence electrons. The second-order valence-corrected chi connectivity index (χ2v) is 6.97. The highest BCUT2D eigenvalue weighted by atomic mass is 16.3. The average molecular weight is 395 g/mol. The van der Waals surface area contributed by atoms with Gasteiger partial charge in [0.1, 0.15) is 17.6 Å². The molecule has 1 aliphatic heterocycles. The standard InChI is InChI=1S/C20H21N5O4/c1-12-15(13(2)23-22-12)18(26)16-17(14-5-3-10-29-14)25(20(28)19(16)27)8-4-7-24-9-6-21-11-24/h3,5-6,9-11,17,26H,4,7-8H2,1-2H3,(H,22,23)/t17-/m0/s1. The number of furan rings is 1. The van der Waals surface area contributed by atoms with Crippen molar-refractivity contribution in [1.29, 1.82) is 0 Å². The molecule has 3 aromatic rings. The lowest BCUT2D eigenvalue weighted by Gasteiger charge is -2.23. The maximum absolute atomic E-state index is 12.9. The van der Waals surface area contributed by atoms with Crippen LogP contribution < -0.4 is 0 Å². The van der Waals surface area contributed by atoms with E-state index in [4.69, 9.17) is 4.42 Å². The molecule has 4 heterocycles. The van der Waals surface area contributed by atoms with E-state index in [9.17, 15) is 14.7 Å². The fraction of sp³-hybridized carbons (Fsp3) is 0.300. The maximum Gasteiger partial charge on any atom is 0.295 e. The summed E-state index contributed by atoms with van der Waals surface area (Å²) < 4.78 is 7.42. The lowest BCUT2D eigenvalue weighted by atomic mass is 9.98. The lowest BCUT2D eigenvalue weighted by molar-refractivity contribution is -0.140. The Morgan fingerprint density at radius 2 is 2.14 bits per heavy atom. The largest absolute Gasteiger partial charge is 0.507 e. The van der Waals surface area contributed by atoms with Gasteiger partial charge in [-0.15, -0.1) is 0 Å². The third-order valence-electron chi connectivity index (χ3n) is 5.09. The molecular formula is C20H21N5O4. The number of H-pyrrole nitrogens is 1. The lowest BCUT2D eigenvalue weighted by Crippen LogP contribution is -2.31. The minimum atomic E-state index is -0.790. The molecule has 1 fully saturated rings. The molecule has 9 nitrogen and oxygen atoms in total. The summed E-state index contributed by atoms with van der Waals surface area (Å²) >= 11 is 0. The number of carbonyl (C=O) groups excluding carboxylic acids is 2. The summed E-state index contributed by atoms with van der Waals surface area (Å²) in [4.78, 5) is 31.1. The van der Waals surface area contributed by atoms with Gasteiger partial charge in [-0.2, -0.15) is 5.10 Å². The first-order valence-corrected chi connectivity index (χ1v) is 9.28. The molecule has 0 spiro atoms. The Kier molecular flexibility index (Phi) is 4.79. The fourth-order valence-electron chi connectivity index (χ4n) is 3.73. The van der Waals surface area contributed by atoms with Crippen LogP contribution in [0.5, 0.6) is 0 Å². The molecule has 0 radical (unpaired) electrons. The van der Waals surface area contributed by atoms with E-state index in [0.29, 0.717) is 42.2 Å². The minimum Gasteiger partial charge on any atom is -0.507 e. The Labute approximate surface area is 166 Å². The van der Waals surface area contributed by atoms with Gasteiger partial charge >= 0.3 is 0 Å². The fourth-order valence-corrected chi connectivity index (χ4v) is 3.73. The number of carbonyl (C=O) groups is 2. The van der Waals surface area contributed by atoms with Gasteiger partial charge in [-0.3, -0.25) is 14.7 Å². The first kappa shape index (κ1) is 18.7. The van der Waals surface area contributed by atoms with Gasteiger partial charge in [0.05, 0.1) is 29.4 Å². The Morgan fingerprint density at radius 1 is 1.31 bits per heavy atom. The van der Waals surface area contributed by atoms with Crippen molar-refractivity contribution in [2.24, 2.45) is 0 Å². The molecule has 1 amide bonds. The number of Topliss-reactive ketones (excluding diaryl/α,β-unsaturated/α-hetero) is 1. The molecule has 0 aromatic carbocycles. The van der Waals surface area contributed by atoms with Gasteiger partial charge in [0.2, 0.25) is 0 Å². The van der Waals surface area contributed by atoms with E-state index >= 15 is 0 Å². The highest BCUT2D eigenvalue weighted by molar-refractivity contribution is 6.46. The number of nitrogens with zero attached hydrogens (tertiary/aromatic N) is 4. The van der Waals surface area contributed by atoms with E-state index in [1.54, 1.807) is 38.5 Å². The predicted octanol–water partition coefficient (Wildman–Crippen LogP) is 2.33. The number of imidazole rings is 1. The molecule has 4 rings (SSSR count). The molecule has 1 atom stereocenters. The van der Waals surface area contributed by atoms with E-state index in [1.807, 2.05) is 10.8 Å². The highest BCUT2D eigenvalue weighted by Crippen LogP contribution is 2.40. The zero-order chi connectivity index (χ0) is 20.5. The topological polar surface area (TPSA) is 117 Å². The summed E-state index contributed by atoms with van der Waals surface area (Å²) in [6, 6.07) is 2.60. The van der Waals surface area contributed by atoms with Gasteiger partial charge in [0.15, 0.2) is 0 Å². The van der Waals surface area contributed by atoms with Crippen molar-refractivity contribution >= 4 is 17.4 Å². The van der Waals surface area contributed by atoms with Crippen LogP contribution in [-0.2, 0) is 16.1 Å². The second kappa shape index (κ2) is 7.42. The van der Waals surface area contributed by atoms with Crippen molar-refractivity contribution in [2.75, 3.05) is 6.54 Å². The molecule has 1 aliphatic rings. The average Bonchev–Trinajstić information content (AvgIpc) is 3.47. The van der Waals surface area contributed by atoms with Gasteiger partial charge in [-0.1, -0.05) is 0 Å². The van der Waals surface area contributed by atoms with Gasteiger partial charge in [0.25, 0.3) is 11.7 Å². The Balaban J connectivity index is 1.72. The third kappa shape index (κ3) is 3.24. The summed E-state index contributed by atoms with van der Waals surface area (Å²) in [5.41, 5.74) is 1.60. The van der Waals surface area contributed by atoms with E-state index in [-0.39, 0.29) is 11.3 Å². The van der Waals surface area contributed by atoms with Crippen molar-refractivity contribution in [3.05, 3.63) is 65.4 Å². The monoisotopic (exact) mass is 395 g/mol.